The standard InChI is InChI=1S/C19H26N2O2/c1-19(2)15-11-21(12-16(15)19)18(22)17-13-20(8-9-23-17)10-14-6-4-3-5-7-14/h3-7,15-17H,8-13H2,1-2H3. The SMILES string of the molecule is CC1(C)C2CN(C(=O)C3CN(Cc4ccccc4)CCO3)CC21. The van der Waals surface area contributed by atoms with Crippen LogP contribution in [-0.2, 0) is 16.1 Å². The summed E-state index contributed by atoms with van der Waals surface area (Å²) in [6.07, 6.45) is -0.284. The Labute approximate surface area is 138 Å². The van der Waals surface area contributed by atoms with Crippen LogP contribution in [0.25, 0.3) is 0 Å². The number of likely N-dealkylation sites (tertiary alicyclic amines) is 1. The number of nitrogens with zero attached hydrogens (tertiary/aromatic N) is 2. The first-order valence-corrected chi connectivity index (χ1v) is 8.72. The summed E-state index contributed by atoms with van der Waals surface area (Å²) in [6.45, 7) is 9.65. The molecule has 1 aliphatic carbocycles. The van der Waals surface area contributed by atoms with Gasteiger partial charge in [-0.1, -0.05) is 44.2 Å². The summed E-state index contributed by atoms with van der Waals surface area (Å²) in [6, 6.07) is 10.5. The maximum atomic E-state index is 12.7. The molecule has 1 aromatic carbocycles. The summed E-state index contributed by atoms with van der Waals surface area (Å²) in [5.41, 5.74) is 1.74. The molecule has 3 unspecified atom stereocenters. The van der Waals surface area contributed by atoms with E-state index in [0.717, 1.165) is 26.2 Å². The summed E-state index contributed by atoms with van der Waals surface area (Å²) < 4.78 is 5.79. The van der Waals surface area contributed by atoms with Crippen LogP contribution in [0.1, 0.15) is 19.4 Å². The highest BCUT2D eigenvalue weighted by atomic mass is 16.5. The zero-order valence-electron chi connectivity index (χ0n) is 14.1. The van der Waals surface area contributed by atoms with Gasteiger partial charge in [0, 0.05) is 32.7 Å². The van der Waals surface area contributed by atoms with E-state index in [2.05, 4.69) is 43.0 Å². The van der Waals surface area contributed by atoms with E-state index in [1.54, 1.807) is 0 Å². The van der Waals surface area contributed by atoms with Gasteiger partial charge < -0.3 is 9.64 Å². The Morgan fingerprint density at radius 2 is 1.87 bits per heavy atom. The predicted molar refractivity (Wildman–Crippen MR) is 88.8 cm³/mol. The van der Waals surface area contributed by atoms with Gasteiger partial charge in [-0.05, 0) is 22.8 Å². The van der Waals surface area contributed by atoms with Crippen molar-refractivity contribution >= 4 is 5.91 Å². The van der Waals surface area contributed by atoms with Crippen LogP contribution in [0.3, 0.4) is 0 Å². The van der Waals surface area contributed by atoms with Crippen molar-refractivity contribution in [1.29, 1.82) is 0 Å². The van der Waals surface area contributed by atoms with E-state index in [1.165, 1.54) is 5.56 Å². The third kappa shape index (κ3) is 2.79. The van der Waals surface area contributed by atoms with E-state index in [-0.39, 0.29) is 12.0 Å². The van der Waals surface area contributed by atoms with Crippen molar-refractivity contribution in [2.24, 2.45) is 17.3 Å². The molecule has 4 heteroatoms. The van der Waals surface area contributed by atoms with Crippen LogP contribution < -0.4 is 0 Å². The zero-order chi connectivity index (χ0) is 16.0. The largest absolute Gasteiger partial charge is 0.366 e. The lowest BCUT2D eigenvalue weighted by molar-refractivity contribution is -0.149. The first-order valence-electron chi connectivity index (χ1n) is 8.72. The van der Waals surface area contributed by atoms with E-state index in [1.807, 2.05) is 11.0 Å². The Hall–Kier alpha value is -1.39. The number of rotatable bonds is 3. The average Bonchev–Trinajstić information content (AvgIpc) is 2.93. The molecule has 1 aromatic rings. The number of fused-ring (bicyclic) bond motifs is 1. The molecule has 4 nitrogen and oxygen atoms in total. The second-order valence-electron chi connectivity index (χ2n) is 7.86. The number of benzene rings is 1. The lowest BCUT2D eigenvalue weighted by atomic mass is 10.1. The maximum absolute atomic E-state index is 12.7. The van der Waals surface area contributed by atoms with Crippen molar-refractivity contribution in [1.82, 2.24) is 9.80 Å². The van der Waals surface area contributed by atoms with Crippen molar-refractivity contribution in [2.75, 3.05) is 32.8 Å². The van der Waals surface area contributed by atoms with Crippen molar-refractivity contribution in [2.45, 2.75) is 26.5 Å². The smallest absolute Gasteiger partial charge is 0.253 e. The summed E-state index contributed by atoms with van der Waals surface area (Å²) in [4.78, 5) is 17.1. The van der Waals surface area contributed by atoms with E-state index in [9.17, 15) is 4.79 Å². The summed E-state index contributed by atoms with van der Waals surface area (Å²) in [5, 5.41) is 0. The minimum Gasteiger partial charge on any atom is -0.366 e. The molecule has 3 fully saturated rings. The van der Waals surface area contributed by atoms with Crippen LogP contribution in [0.2, 0.25) is 0 Å². The maximum Gasteiger partial charge on any atom is 0.253 e. The van der Waals surface area contributed by atoms with Crippen molar-refractivity contribution in [3.05, 3.63) is 35.9 Å². The van der Waals surface area contributed by atoms with Crippen LogP contribution in [-0.4, -0.2) is 54.6 Å². The molecule has 0 bridgehead atoms. The third-order valence-electron chi connectivity index (χ3n) is 6.11. The Morgan fingerprint density at radius 3 is 2.57 bits per heavy atom. The third-order valence-corrected chi connectivity index (χ3v) is 6.11. The van der Waals surface area contributed by atoms with Gasteiger partial charge in [-0.2, -0.15) is 0 Å². The molecule has 0 aromatic heterocycles. The summed E-state index contributed by atoms with van der Waals surface area (Å²) in [5.74, 6) is 1.61. The van der Waals surface area contributed by atoms with E-state index < -0.39 is 0 Å². The van der Waals surface area contributed by atoms with Crippen molar-refractivity contribution in [3.8, 4) is 0 Å². The molecular formula is C19H26N2O2. The van der Waals surface area contributed by atoms with Crippen LogP contribution in [0.4, 0.5) is 0 Å². The van der Waals surface area contributed by atoms with Gasteiger partial charge in [0.15, 0.2) is 0 Å². The number of carbonyl (C=O) groups is 1. The molecule has 3 aliphatic rings. The molecule has 2 saturated heterocycles. The van der Waals surface area contributed by atoms with Crippen LogP contribution >= 0.6 is 0 Å². The van der Waals surface area contributed by atoms with Gasteiger partial charge in [-0.15, -0.1) is 0 Å². The van der Waals surface area contributed by atoms with E-state index in [4.69, 9.17) is 4.74 Å². The normalized spacial score (nSPS) is 32.6. The minimum atomic E-state index is -0.284. The van der Waals surface area contributed by atoms with Gasteiger partial charge in [0.25, 0.3) is 5.91 Å². The molecule has 124 valence electrons. The fourth-order valence-electron chi connectivity index (χ4n) is 4.35. The van der Waals surface area contributed by atoms with Crippen molar-refractivity contribution < 1.29 is 9.53 Å². The second kappa shape index (κ2) is 5.60. The molecule has 2 heterocycles. The number of hydrogen-bond acceptors (Lipinski definition) is 3. The molecule has 0 N–H and O–H groups in total. The Morgan fingerprint density at radius 1 is 1.17 bits per heavy atom. The summed E-state index contributed by atoms with van der Waals surface area (Å²) in [7, 11) is 0. The Kier molecular flexibility index (Phi) is 3.69. The topological polar surface area (TPSA) is 32.8 Å². The van der Waals surface area contributed by atoms with Crippen LogP contribution in [0.5, 0.6) is 0 Å². The highest BCUT2D eigenvalue weighted by Crippen LogP contribution is 2.61. The van der Waals surface area contributed by atoms with Crippen LogP contribution in [0.15, 0.2) is 30.3 Å². The molecular weight excluding hydrogens is 288 g/mol. The molecule has 1 amide bonds. The molecule has 4 rings (SSSR count). The average molecular weight is 314 g/mol. The van der Waals surface area contributed by atoms with Crippen LogP contribution in [0, 0.1) is 17.3 Å². The van der Waals surface area contributed by atoms with E-state index in [0.29, 0.717) is 30.4 Å². The fourth-order valence-corrected chi connectivity index (χ4v) is 4.35. The fraction of sp³-hybridized carbons (Fsp3) is 0.632. The van der Waals surface area contributed by atoms with Gasteiger partial charge in [0.1, 0.15) is 6.10 Å². The first-order chi connectivity index (χ1) is 11.1. The monoisotopic (exact) mass is 314 g/mol. The lowest BCUT2D eigenvalue weighted by Crippen LogP contribution is -2.51. The number of amides is 1. The Balaban J connectivity index is 1.34. The molecule has 3 atom stereocenters. The predicted octanol–water partition coefficient (Wildman–Crippen LogP) is 2.00. The quantitative estimate of drug-likeness (QED) is 0.855. The van der Waals surface area contributed by atoms with E-state index >= 15 is 0 Å². The first kappa shape index (κ1) is 15.2. The Bertz CT molecular complexity index is 572. The van der Waals surface area contributed by atoms with Gasteiger partial charge in [0.2, 0.25) is 0 Å². The summed E-state index contributed by atoms with van der Waals surface area (Å²) >= 11 is 0. The molecule has 0 spiro atoms. The zero-order valence-corrected chi connectivity index (χ0v) is 14.1. The van der Waals surface area contributed by atoms with Gasteiger partial charge in [0.05, 0.1) is 6.61 Å². The van der Waals surface area contributed by atoms with Gasteiger partial charge >= 0.3 is 0 Å². The molecule has 1 saturated carbocycles. The lowest BCUT2D eigenvalue weighted by Gasteiger charge is -2.34. The number of ether oxygens (including phenoxy) is 1. The second-order valence-corrected chi connectivity index (χ2v) is 7.86. The number of hydrogen-bond donors (Lipinski definition) is 0. The molecule has 0 radical (unpaired) electrons. The molecule has 23 heavy (non-hydrogen) atoms. The highest BCUT2D eigenvalue weighted by Gasteiger charge is 2.62. The number of carbonyl (C=O) groups excluding carboxylic acids is 1. The number of piperidine rings is 1. The van der Waals surface area contributed by atoms with Gasteiger partial charge in [-0.3, -0.25) is 9.69 Å². The highest BCUT2D eigenvalue weighted by molar-refractivity contribution is 5.82. The minimum absolute atomic E-state index is 0.200. The molecule has 2 aliphatic heterocycles. The number of morpholine rings is 1. The van der Waals surface area contributed by atoms with Gasteiger partial charge in [-0.25, -0.2) is 0 Å². The van der Waals surface area contributed by atoms with Crippen molar-refractivity contribution in [3.63, 3.8) is 0 Å².